The zero-order chi connectivity index (χ0) is 9.10. The number of benzene rings is 2. The van der Waals surface area contributed by atoms with Gasteiger partial charge in [0.2, 0.25) is 0 Å². The summed E-state index contributed by atoms with van der Waals surface area (Å²) in [5.74, 6) is 0. The molecule has 0 spiro atoms. The van der Waals surface area contributed by atoms with Crippen LogP contribution in [-0.4, -0.2) is 0 Å². The van der Waals surface area contributed by atoms with Crippen LogP contribution >= 0.6 is 0 Å². The first-order valence-electron chi connectivity index (χ1n) is 4.49. The zero-order valence-electron chi connectivity index (χ0n) is 9.53. The van der Waals surface area contributed by atoms with Crippen molar-refractivity contribution in [3.05, 3.63) is 60.7 Å². The van der Waals surface area contributed by atoms with E-state index in [0.717, 1.165) is 6.42 Å². The molecule has 0 saturated heterocycles. The Hall–Kier alpha value is 0.0764. The fourth-order valence-electron chi connectivity index (χ4n) is 1.63. The summed E-state index contributed by atoms with van der Waals surface area (Å²) in [7, 11) is 0. The second-order valence-corrected chi connectivity index (χ2v) is 3.13. The van der Waals surface area contributed by atoms with E-state index in [-0.39, 0.29) is 52.8 Å². The van der Waals surface area contributed by atoms with E-state index in [1.54, 1.807) is 0 Å². The maximum atomic E-state index is 3.76. The molecule has 0 nitrogen and oxygen atoms in total. The zero-order valence-corrected chi connectivity index (χ0v) is 11.7. The van der Waals surface area contributed by atoms with Gasteiger partial charge >= 0.3 is 51.4 Å². The topological polar surface area (TPSA) is 0 Å². The van der Waals surface area contributed by atoms with Gasteiger partial charge in [-0.25, -0.2) is 0 Å². The number of rotatable bonds is 2. The molecule has 0 saturated carbocycles. The summed E-state index contributed by atoms with van der Waals surface area (Å²) < 4.78 is 0. The Kier molecular flexibility index (Phi) is 5.06. The number of hydrogen-bond acceptors (Lipinski definition) is 0. The Morgan fingerprint density at radius 2 is 1.79 bits per heavy atom. The Balaban J connectivity index is 0.000000980. The molecule has 1 heteroatoms. The summed E-state index contributed by atoms with van der Waals surface area (Å²) in [5.41, 5.74) is 1.35. The van der Waals surface area contributed by atoms with E-state index in [1.165, 1.54) is 16.3 Å². The molecule has 0 aromatic heterocycles. The normalized spacial score (nSPS) is 9.43. The fraction of sp³-hybridized carbons (Fsp3) is 0.0769. The number of allylic oxidation sites excluding steroid dienone is 1. The third-order valence-corrected chi connectivity index (χ3v) is 2.24. The molecule has 0 unspecified atom stereocenters. The molecule has 0 bridgehead atoms. The van der Waals surface area contributed by atoms with Crippen LogP contribution in [0.5, 0.6) is 0 Å². The van der Waals surface area contributed by atoms with Gasteiger partial charge in [-0.05, 0) is 22.8 Å². The molecule has 2 aromatic carbocycles. The minimum absolute atomic E-state index is 0. The molecule has 0 amide bonds. The van der Waals surface area contributed by atoms with E-state index in [0.29, 0.717) is 0 Å². The van der Waals surface area contributed by atoms with Crippen LogP contribution in [0.25, 0.3) is 10.8 Å². The summed E-state index contributed by atoms with van der Waals surface area (Å²) in [5, 5.41) is 2.65. The molecule has 0 heterocycles. The van der Waals surface area contributed by atoms with Gasteiger partial charge in [-0.1, -0.05) is 48.5 Å². The van der Waals surface area contributed by atoms with E-state index in [9.17, 15) is 0 Å². The summed E-state index contributed by atoms with van der Waals surface area (Å²) in [6.45, 7) is 3.76. The van der Waals surface area contributed by atoms with E-state index in [4.69, 9.17) is 0 Å². The van der Waals surface area contributed by atoms with Crippen LogP contribution in [0.3, 0.4) is 0 Å². The first-order chi connectivity index (χ1) is 6.42. The van der Waals surface area contributed by atoms with Crippen molar-refractivity contribution in [3.8, 4) is 0 Å². The molecular weight excluding hydrogens is 195 g/mol. The maximum Gasteiger partial charge on any atom is 1.00 e. The second kappa shape index (κ2) is 5.84. The van der Waals surface area contributed by atoms with Crippen LogP contribution in [0.15, 0.2) is 55.1 Å². The van der Waals surface area contributed by atoms with Gasteiger partial charge in [0.1, 0.15) is 0 Å². The third-order valence-electron chi connectivity index (χ3n) is 2.24. The standard InChI is InChI=1S/C13H12.K.H/c1-2-6-11-8-5-9-12-7-3-4-10-13(11)12;;/h2-5,7-10H,1,6H2;;/q;+1;-1. The molecule has 0 fully saturated rings. The van der Waals surface area contributed by atoms with Crippen molar-refractivity contribution < 1.29 is 52.8 Å². The van der Waals surface area contributed by atoms with Gasteiger partial charge in [-0.3, -0.25) is 0 Å². The second-order valence-electron chi connectivity index (χ2n) is 3.13. The van der Waals surface area contributed by atoms with Crippen molar-refractivity contribution in [2.45, 2.75) is 6.42 Å². The van der Waals surface area contributed by atoms with Crippen LogP contribution in [0, 0.1) is 0 Å². The van der Waals surface area contributed by atoms with E-state index >= 15 is 0 Å². The summed E-state index contributed by atoms with van der Waals surface area (Å²) in [4.78, 5) is 0. The van der Waals surface area contributed by atoms with Gasteiger partial charge < -0.3 is 1.43 Å². The van der Waals surface area contributed by atoms with Crippen molar-refractivity contribution in [1.29, 1.82) is 0 Å². The van der Waals surface area contributed by atoms with Gasteiger partial charge in [0.25, 0.3) is 0 Å². The summed E-state index contributed by atoms with van der Waals surface area (Å²) >= 11 is 0. The molecule has 2 aromatic rings. The van der Waals surface area contributed by atoms with Crippen LogP contribution in [0.1, 0.15) is 6.99 Å². The number of fused-ring (bicyclic) bond motifs is 1. The minimum Gasteiger partial charge on any atom is -1.00 e. The average Bonchev–Trinajstić information content (AvgIpc) is 2.19. The molecule has 2 rings (SSSR count). The molecule has 66 valence electrons. The van der Waals surface area contributed by atoms with E-state index < -0.39 is 0 Å². The fourth-order valence-corrected chi connectivity index (χ4v) is 1.63. The van der Waals surface area contributed by atoms with Crippen molar-refractivity contribution in [3.63, 3.8) is 0 Å². The molecule has 0 atom stereocenters. The quantitative estimate of drug-likeness (QED) is 0.503. The molecular formula is C13H13K. The van der Waals surface area contributed by atoms with Gasteiger partial charge in [-0.15, -0.1) is 6.58 Å². The van der Waals surface area contributed by atoms with Crippen molar-refractivity contribution in [2.75, 3.05) is 0 Å². The first kappa shape index (κ1) is 12.1. The minimum atomic E-state index is 0. The van der Waals surface area contributed by atoms with Crippen LogP contribution in [0.2, 0.25) is 0 Å². The maximum absolute atomic E-state index is 3.76. The molecule has 14 heavy (non-hydrogen) atoms. The molecule has 0 aliphatic rings. The average molecular weight is 208 g/mol. The first-order valence-corrected chi connectivity index (χ1v) is 4.49. The van der Waals surface area contributed by atoms with E-state index in [1.807, 2.05) is 6.08 Å². The molecule has 0 aliphatic carbocycles. The Bertz CT molecular complexity index is 432. The smallest absolute Gasteiger partial charge is 1.00 e. The Morgan fingerprint density at radius 3 is 2.57 bits per heavy atom. The largest absolute Gasteiger partial charge is 1.00 e. The van der Waals surface area contributed by atoms with Crippen LogP contribution < -0.4 is 51.4 Å². The number of hydrogen-bond donors (Lipinski definition) is 0. The van der Waals surface area contributed by atoms with Gasteiger partial charge in [0.05, 0.1) is 0 Å². The van der Waals surface area contributed by atoms with Crippen molar-refractivity contribution in [2.24, 2.45) is 0 Å². The van der Waals surface area contributed by atoms with Crippen LogP contribution in [-0.2, 0) is 6.42 Å². The summed E-state index contributed by atoms with van der Waals surface area (Å²) in [6, 6.07) is 14.8. The Labute approximate surface area is 129 Å². The monoisotopic (exact) mass is 208 g/mol. The third kappa shape index (κ3) is 2.56. The summed E-state index contributed by atoms with van der Waals surface area (Å²) in [6.07, 6.45) is 2.89. The van der Waals surface area contributed by atoms with Gasteiger partial charge in [0, 0.05) is 0 Å². The van der Waals surface area contributed by atoms with Gasteiger partial charge in [0.15, 0.2) is 0 Å². The predicted molar refractivity (Wildman–Crippen MR) is 59.0 cm³/mol. The molecule has 0 radical (unpaired) electrons. The SMILES string of the molecule is C=CCc1cccc2ccccc12.[H-].[K+]. The van der Waals surface area contributed by atoms with Crippen molar-refractivity contribution in [1.82, 2.24) is 0 Å². The van der Waals surface area contributed by atoms with Crippen molar-refractivity contribution >= 4 is 10.8 Å². The van der Waals surface area contributed by atoms with Gasteiger partial charge in [-0.2, -0.15) is 0 Å². The van der Waals surface area contributed by atoms with E-state index in [2.05, 4.69) is 49.0 Å². The molecule has 0 N–H and O–H groups in total. The van der Waals surface area contributed by atoms with Crippen LogP contribution in [0.4, 0.5) is 0 Å². The predicted octanol–water partition coefficient (Wildman–Crippen LogP) is 0.685. The Morgan fingerprint density at radius 1 is 1.07 bits per heavy atom. The molecule has 0 aliphatic heterocycles.